The summed E-state index contributed by atoms with van der Waals surface area (Å²) in [6.07, 6.45) is 8.29. The van der Waals surface area contributed by atoms with Crippen molar-refractivity contribution in [3.63, 3.8) is 0 Å². The van der Waals surface area contributed by atoms with Gasteiger partial charge in [0, 0.05) is 24.5 Å². The number of halogens is 3. The molecule has 3 aliphatic carbocycles. The van der Waals surface area contributed by atoms with E-state index in [4.69, 9.17) is 0 Å². The average Bonchev–Trinajstić information content (AvgIpc) is 3.60. The molecule has 0 saturated carbocycles. The minimum Gasteiger partial charge on any atom is -0.0683 e. The molecule has 45 heavy (non-hydrogen) atoms. The van der Waals surface area contributed by atoms with Gasteiger partial charge in [0.25, 0.3) is 0 Å². The molecule has 2 unspecified atom stereocenters. The maximum atomic E-state index is 3.90. The molecule has 0 aliphatic heterocycles. The van der Waals surface area contributed by atoms with E-state index in [0.717, 1.165) is 6.42 Å². The molecule has 3 aromatic rings. The van der Waals surface area contributed by atoms with Crippen LogP contribution < -0.4 is 0 Å². The van der Waals surface area contributed by atoms with Crippen LogP contribution in [0.25, 0.3) is 18.2 Å². The van der Waals surface area contributed by atoms with Crippen LogP contribution in [-0.2, 0) is 6.42 Å². The molecule has 238 valence electrons. The van der Waals surface area contributed by atoms with Gasteiger partial charge in [0.1, 0.15) is 0 Å². The number of allylic oxidation sites excluding steroid dienone is 3. The predicted octanol–water partition coefficient (Wildman–Crippen LogP) is 14.5. The van der Waals surface area contributed by atoms with Crippen LogP contribution in [0.15, 0.2) is 66.5 Å². The highest BCUT2D eigenvalue weighted by Gasteiger charge is 2.47. The van der Waals surface area contributed by atoms with Crippen LogP contribution in [0.3, 0.4) is 0 Å². The van der Waals surface area contributed by atoms with E-state index in [-0.39, 0.29) is 0 Å². The maximum Gasteiger partial charge on any atom is 0.0722 e. The van der Waals surface area contributed by atoms with Crippen molar-refractivity contribution in [2.45, 2.75) is 111 Å². The fourth-order valence-electron chi connectivity index (χ4n) is 7.95. The van der Waals surface area contributed by atoms with E-state index in [0.29, 0.717) is 28.8 Å². The SMILES string of the molecule is CC1=Cc2c(Br)cc(C(C)C)cc2C1[Si](C)(C)C1C(C)=Cc2c(Br)cc(C(C)C)cc21.CC1=Cc2cc(C(C)C)cc(Br)c2C1. The first-order valence-corrected chi connectivity index (χ1v) is 22.1. The fraction of sp³-hybridized carbons (Fsp3) is 0.415. The van der Waals surface area contributed by atoms with Gasteiger partial charge in [-0.25, -0.2) is 0 Å². The second kappa shape index (κ2) is 13.2. The Hall–Kier alpha value is -1.46. The summed E-state index contributed by atoms with van der Waals surface area (Å²) in [5, 5.41) is 0. The molecule has 0 saturated heterocycles. The Morgan fingerprint density at radius 3 is 1.40 bits per heavy atom. The summed E-state index contributed by atoms with van der Waals surface area (Å²) in [5.74, 6) is 1.67. The third-order valence-corrected chi connectivity index (χ3v) is 16.8. The molecule has 0 radical (unpaired) electrons. The summed E-state index contributed by atoms with van der Waals surface area (Å²) in [7, 11) is -1.81. The molecule has 0 bridgehead atoms. The molecule has 3 aromatic carbocycles. The zero-order valence-corrected chi connectivity index (χ0v) is 34.7. The largest absolute Gasteiger partial charge is 0.0722 e. The van der Waals surface area contributed by atoms with Crippen molar-refractivity contribution < 1.29 is 0 Å². The second-order valence-electron chi connectivity index (χ2n) is 15.2. The highest BCUT2D eigenvalue weighted by Crippen LogP contribution is 2.54. The number of fused-ring (bicyclic) bond motifs is 3. The van der Waals surface area contributed by atoms with Crippen LogP contribution in [0.5, 0.6) is 0 Å². The molecular formula is C41H49Br3Si. The van der Waals surface area contributed by atoms with Crippen LogP contribution in [-0.4, -0.2) is 8.07 Å². The maximum absolute atomic E-state index is 3.90. The van der Waals surface area contributed by atoms with Gasteiger partial charge in [-0.1, -0.05) is 156 Å². The minimum absolute atomic E-state index is 0.534. The van der Waals surface area contributed by atoms with Crippen molar-refractivity contribution in [3.05, 3.63) is 117 Å². The highest BCUT2D eigenvalue weighted by atomic mass is 79.9. The van der Waals surface area contributed by atoms with Crippen molar-refractivity contribution in [2.24, 2.45) is 0 Å². The van der Waals surface area contributed by atoms with Crippen LogP contribution in [0.4, 0.5) is 0 Å². The van der Waals surface area contributed by atoms with Crippen LogP contribution in [0.1, 0.15) is 141 Å². The molecule has 0 amide bonds. The van der Waals surface area contributed by atoms with E-state index in [9.17, 15) is 0 Å². The van der Waals surface area contributed by atoms with Crippen molar-refractivity contribution in [2.75, 3.05) is 0 Å². The van der Waals surface area contributed by atoms with E-state index in [1.54, 1.807) is 11.1 Å². The first-order chi connectivity index (χ1) is 21.0. The lowest BCUT2D eigenvalue weighted by Crippen LogP contribution is -2.42. The van der Waals surface area contributed by atoms with E-state index in [2.05, 4.69) is 178 Å². The lowest BCUT2D eigenvalue weighted by molar-refractivity contribution is 0.855. The summed E-state index contributed by atoms with van der Waals surface area (Å²) in [5.41, 5.74) is 18.7. The number of hydrogen-bond donors (Lipinski definition) is 0. The Bertz CT molecular complexity index is 1660. The molecule has 4 heteroatoms. The van der Waals surface area contributed by atoms with Crippen molar-refractivity contribution in [1.29, 1.82) is 0 Å². The smallest absolute Gasteiger partial charge is 0.0683 e. The summed E-state index contributed by atoms with van der Waals surface area (Å²) in [6, 6.07) is 14.2. The van der Waals surface area contributed by atoms with Gasteiger partial charge in [-0.05, 0) is 113 Å². The number of hydrogen-bond acceptors (Lipinski definition) is 0. The van der Waals surface area contributed by atoms with Crippen molar-refractivity contribution in [1.82, 2.24) is 0 Å². The van der Waals surface area contributed by atoms with Gasteiger partial charge >= 0.3 is 0 Å². The normalized spacial score (nSPS) is 18.5. The summed E-state index contributed by atoms with van der Waals surface area (Å²) in [6.45, 7) is 25.8. The minimum atomic E-state index is -1.81. The standard InChI is InChI=1S/C28H34Br2Si.C13H15Br/c1-15(2)19-11-23-21(25(29)13-19)9-17(5)27(23)31(7,8)28-18(6)10-22-24(28)12-20(16(3)4)14-26(22)30;1-8(2)10-6-11-4-9(3)5-12(11)13(14)7-10/h9-16,27-28H,1-8H3;4,6-8H,5H2,1-3H3. The Morgan fingerprint density at radius 1 is 0.578 bits per heavy atom. The molecule has 0 N–H and O–H groups in total. The van der Waals surface area contributed by atoms with Gasteiger partial charge in [0.2, 0.25) is 0 Å². The summed E-state index contributed by atoms with van der Waals surface area (Å²) in [4.78, 5) is 0. The third-order valence-electron chi connectivity index (χ3n) is 10.2. The first kappa shape index (κ1) is 34.9. The summed E-state index contributed by atoms with van der Waals surface area (Å²) >= 11 is 11.5. The zero-order chi connectivity index (χ0) is 33.1. The molecule has 0 heterocycles. The molecular weight excluding hydrogens is 760 g/mol. The Kier molecular flexibility index (Phi) is 10.2. The fourth-order valence-corrected chi connectivity index (χ4v) is 14.7. The van der Waals surface area contributed by atoms with Gasteiger partial charge in [-0.3, -0.25) is 0 Å². The third kappa shape index (κ3) is 6.65. The molecule has 0 aromatic heterocycles. The van der Waals surface area contributed by atoms with Gasteiger partial charge in [0.15, 0.2) is 0 Å². The second-order valence-corrected chi connectivity index (χ2v) is 22.5. The molecule has 6 rings (SSSR count). The molecule has 3 aliphatic rings. The predicted molar refractivity (Wildman–Crippen MR) is 212 cm³/mol. The van der Waals surface area contributed by atoms with Crippen LogP contribution in [0.2, 0.25) is 13.1 Å². The molecule has 0 fully saturated rings. The monoisotopic (exact) mass is 806 g/mol. The molecule has 2 atom stereocenters. The van der Waals surface area contributed by atoms with Gasteiger partial charge in [-0.15, -0.1) is 0 Å². The lowest BCUT2D eigenvalue weighted by Gasteiger charge is -2.39. The van der Waals surface area contributed by atoms with E-state index < -0.39 is 8.07 Å². The summed E-state index contributed by atoms with van der Waals surface area (Å²) < 4.78 is 3.78. The topological polar surface area (TPSA) is 0 Å². The highest BCUT2D eigenvalue weighted by molar-refractivity contribution is 9.11. The van der Waals surface area contributed by atoms with Gasteiger partial charge in [-0.2, -0.15) is 0 Å². The quantitative estimate of drug-likeness (QED) is 0.225. The lowest BCUT2D eigenvalue weighted by atomic mass is 9.97. The van der Waals surface area contributed by atoms with E-state index in [1.807, 2.05) is 0 Å². The van der Waals surface area contributed by atoms with Gasteiger partial charge < -0.3 is 0 Å². The van der Waals surface area contributed by atoms with Crippen LogP contribution >= 0.6 is 47.8 Å². The number of benzene rings is 3. The Balaban J connectivity index is 0.000000238. The first-order valence-electron chi connectivity index (χ1n) is 16.5. The Morgan fingerprint density at radius 2 is 0.978 bits per heavy atom. The van der Waals surface area contributed by atoms with Crippen molar-refractivity contribution in [3.8, 4) is 0 Å². The van der Waals surface area contributed by atoms with Gasteiger partial charge in [0.05, 0.1) is 8.07 Å². The Labute approximate surface area is 299 Å². The number of rotatable bonds is 5. The molecule has 0 spiro atoms. The average molecular weight is 810 g/mol. The molecule has 0 nitrogen and oxygen atoms in total. The van der Waals surface area contributed by atoms with Crippen LogP contribution in [0, 0.1) is 0 Å². The van der Waals surface area contributed by atoms with Crippen molar-refractivity contribution >= 4 is 74.1 Å². The van der Waals surface area contributed by atoms with E-state index >= 15 is 0 Å². The zero-order valence-electron chi connectivity index (χ0n) is 28.9. The van der Waals surface area contributed by atoms with E-state index in [1.165, 1.54) is 69.1 Å².